The van der Waals surface area contributed by atoms with E-state index in [4.69, 9.17) is 5.48 Å². The predicted octanol–water partition coefficient (Wildman–Crippen LogP) is 3.54. The summed E-state index contributed by atoms with van der Waals surface area (Å²) in [5.41, 5.74) is -0.583. The molecule has 0 bridgehead atoms. The molecule has 1 nitrogen and oxygen atoms in total. The van der Waals surface area contributed by atoms with E-state index in [1.807, 2.05) is 20.8 Å². The minimum absolute atomic E-state index is 0.0566. The minimum atomic E-state index is -1.60. The molecule has 0 aliphatic carbocycles. The van der Waals surface area contributed by atoms with Crippen LogP contribution in [0.1, 0.15) is 59.9 Å². The molecule has 1 fully saturated rings. The molecular formula is C13H27N. The molecule has 0 N–H and O–H groups in total. The lowest BCUT2D eigenvalue weighted by Gasteiger charge is -2.44. The van der Waals surface area contributed by atoms with E-state index in [1.54, 1.807) is 0 Å². The van der Waals surface area contributed by atoms with Crippen molar-refractivity contribution in [1.82, 2.24) is 4.90 Å². The van der Waals surface area contributed by atoms with Gasteiger partial charge in [0.15, 0.2) is 0 Å². The van der Waals surface area contributed by atoms with Crippen molar-refractivity contribution in [3.05, 3.63) is 0 Å². The Kier molecular flexibility index (Phi) is 2.00. The number of hydrogen-bond donors (Lipinski definition) is 0. The van der Waals surface area contributed by atoms with Gasteiger partial charge in [-0.1, -0.05) is 20.8 Å². The number of nitrogens with zero attached hydrogens (tertiary/aromatic N) is 1. The first kappa shape index (κ1) is 7.27. The monoisotopic (exact) mass is 201 g/mol. The Labute approximate surface area is 95.5 Å². The van der Waals surface area contributed by atoms with Gasteiger partial charge >= 0.3 is 0 Å². The second kappa shape index (κ2) is 3.84. The van der Waals surface area contributed by atoms with E-state index in [1.165, 1.54) is 4.90 Å². The molecule has 1 heteroatoms. The lowest BCUT2D eigenvalue weighted by Crippen LogP contribution is -2.47. The van der Waals surface area contributed by atoms with Crippen LogP contribution in [0.15, 0.2) is 0 Å². The third kappa shape index (κ3) is 2.98. The van der Waals surface area contributed by atoms with E-state index in [0.29, 0.717) is 12.8 Å². The van der Waals surface area contributed by atoms with Crippen LogP contribution in [0, 0.1) is 11.3 Å². The standard InChI is InChI=1S/C13H27N/c1-12(2,3)11-7-9-14(10-8-11)13(4,5)6/h11H,7-10H2,1-6H3/i9D2,10D2. The van der Waals surface area contributed by atoms with E-state index < -0.39 is 18.5 Å². The van der Waals surface area contributed by atoms with Gasteiger partial charge in [-0.05, 0) is 57.9 Å². The number of piperidine rings is 1. The summed E-state index contributed by atoms with van der Waals surface area (Å²) in [4.78, 5) is 1.41. The van der Waals surface area contributed by atoms with Crippen LogP contribution in [-0.2, 0) is 0 Å². The predicted molar refractivity (Wildman–Crippen MR) is 63.5 cm³/mol. The first-order valence-corrected chi connectivity index (χ1v) is 5.48. The van der Waals surface area contributed by atoms with Gasteiger partial charge in [0, 0.05) is 11.0 Å². The molecule has 14 heavy (non-hydrogen) atoms. The largest absolute Gasteiger partial charge is 0.298 e. The van der Waals surface area contributed by atoms with Gasteiger partial charge in [-0.25, -0.2) is 0 Å². The lowest BCUT2D eigenvalue weighted by atomic mass is 9.75. The molecule has 0 amide bonds. The fourth-order valence-electron chi connectivity index (χ4n) is 1.62. The third-order valence-electron chi connectivity index (χ3n) is 2.89. The molecule has 1 rings (SSSR count). The van der Waals surface area contributed by atoms with Gasteiger partial charge in [0.2, 0.25) is 0 Å². The summed E-state index contributed by atoms with van der Waals surface area (Å²) in [5, 5.41) is 0. The van der Waals surface area contributed by atoms with Gasteiger partial charge < -0.3 is 0 Å². The van der Waals surface area contributed by atoms with Crippen molar-refractivity contribution in [2.24, 2.45) is 11.3 Å². The summed E-state index contributed by atoms with van der Waals surface area (Å²) in [6, 6.07) is 0. The number of rotatable bonds is 0. The van der Waals surface area contributed by atoms with E-state index in [0.717, 1.165) is 0 Å². The van der Waals surface area contributed by atoms with Gasteiger partial charge in [-0.3, -0.25) is 4.90 Å². The fraction of sp³-hybridized carbons (Fsp3) is 1.00. The number of likely N-dealkylation sites (tertiary alicyclic amines) is 1. The van der Waals surface area contributed by atoms with Crippen LogP contribution in [0.3, 0.4) is 0 Å². The number of hydrogen-bond acceptors (Lipinski definition) is 1. The summed E-state index contributed by atoms with van der Waals surface area (Å²) >= 11 is 0. The zero-order valence-electron chi connectivity index (χ0n) is 14.4. The van der Waals surface area contributed by atoms with Crippen molar-refractivity contribution in [3.8, 4) is 0 Å². The summed E-state index contributed by atoms with van der Waals surface area (Å²) in [5.74, 6) is 0.0566. The Morgan fingerprint density at radius 1 is 1.00 bits per heavy atom. The van der Waals surface area contributed by atoms with Crippen molar-refractivity contribution in [1.29, 1.82) is 0 Å². The Balaban J connectivity index is 3.14. The summed E-state index contributed by atoms with van der Waals surface area (Å²) in [6.45, 7) is 8.62. The Bertz CT molecular complexity index is 294. The highest BCUT2D eigenvalue weighted by atomic mass is 15.2. The van der Waals surface area contributed by atoms with Crippen LogP contribution in [0.4, 0.5) is 0 Å². The van der Waals surface area contributed by atoms with Gasteiger partial charge in [-0.15, -0.1) is 0 Å². The van der Waals surface area contributed by atoms with Crippen LogP contribution in [0.25, 0.3) is 0 Å². The van der Waals surface area contributed by atoms with Crippen LogP contribution in [0.5, 0.6) is 0 Å². The van der Waals surface area contributed by atoms with Crippen molar-refractivity contribution < 1.29 is 5.48 Å². The van der Waals surface area contributed by atoms with E-state index >= 15 is 0 Å². The maximum atomic E-state index is 8.26. The first-order valence-electron chi connectivity index (χ1n) is 7.48. The summed E-state index contributed by atoms with van der Waals surface area (Å²) in [7, 11) is 0. The topological polar surface area (TPSA) is 3.24 Å². The molecule has 1 aliphatic heterocycles. The third-order valence-corrected chi connectivity index (χ3v) is 2.89. The smallest absolute Gasteiger partial charge is 0.0431 e. The first-order chi connectivity index (χ1) is 7.68. The highest BCUT2D eigenvalue weighted by Gasteiger charge is 2.32. The molecule has 0 aromatic rings. The maximum Gasteiger partial charge on any atom is 0.0431 e. The molecule has 0 atom stereocenters. The second-order valence-electron chi connectivity index (χ2n) is 6.29. The SMILES string of the molecule is [2H]C1([2H])CC(C(C)(C)C)CC([2H])([2H])N1C(C)(C)C. The molecule has 0 radical (unpaired) electrons. The van der Waals surface area contributed by atoms with Gasteiger partial charge in [-0.2, -0.15) is 0 Å². The lowest BCUT2D eigenvalue weighted by molar-refractivity contribution is 0.0532. The molecular weight excluding hydrogens is 170 g/mol. The Hall–Kier alpha value is -0.0400. The zero-order chi connectivity index (χ0) is 14.6. The second-order valence-corrected chi connectivity index (χ2v) is 6.29. The zero-order valence-corrected chi connectivity index (χ0v) is 10.4. The van der Waals surface area contributed by atoms with Crippen LogP contribution >= 0.6 is 0 Å². The van der Waals surface area contributed by atoms with Crippen molar-refractivity contribution >= 4 is 0 Å². The average molecular weight is 201 g/mol. The van der Waals surface area contributed by atoms with Crippen LogP contribution < -0.4 is 0 Å². The molecule has 1 aliphatic rings. The normalized spacial score (nSPS) is 34.1. The van der Waals surface area contributed by atoms with Crippen molar-refractivity contribution in [2.45, 2.75) is 59.9 Å². The van der Waals surface area contributed by atoms with Crippen LogP contribution in [-0.4, -0.2) is 23.4 Å². The highest BCUT2D eigenvalue weighted by molar-refractivity contribution is 4.85. The minimum Gasteiger partial charge on any atom is -0.298 e. The summed E-state index contributed by atoms with van der Waals surface area (Å²) in [6.07, 6.45) is 0.792. The Morgan fingerprint density at radius 2 is 1.43 bits per heavy atom. The molecule has 84 valence electrons. The molecule has 1 saturated heterocycles. The van der Waals surface area contributed by atoms with Gasteiger partial charge in [0.05, 0.1) is 0 Å². The molecule has 0 aromatic carbocycles. The highest BCUT2D eigenvalue weighted by Crippen LogP contribution is 2.35. The van der Waals surface area contributed by atoms with E-state index in [2.05, 4.69) is 20.8 Å². The van der Waals surface area contributed by atoms with Crippen LogP contribution in [0.2, 0.25) is 0 Å². The van der Waals surface area contributed by atoms with Crippen molar-refractivity contribution in [3.63, 3.8) is 0 Å². The molecule has 1 heterocycles. The molecule has 0 spiro atoms. The quantitative estimate of drug-likeness (QED) is 0.579. The average Bonchev–Trinajstić information content (AvgIpc) is 1.92. The van der Waals surface area contributed by atoms with E-state index in [-0.39, 0.29) is 11.3 Å². The van der Waals surface area contributed by atoms with Gasteiger partial charge in [0.1, 0.15) is 0 Å². The van der Waals surface area contributed by atoms with Crippen molar-refractivity contribution in [2.75, 3.05) is 13.0 Å². The maximum absolute atomic E-state index is 8.26. The Morgan fingerprint density at radius 3 is 1.71 bits per heavy atom. The fourth-order valence-corrected chi connectivity index (χ4v) is 1.62. The van der Waals surface area contributed by atoms with E-state index in [9.17, 15) is 0 Å². The molecule has 0 saturated carbocycles. The molecule has 0 aromatic heterocycles. The summed E-state index contributed by atoms with van der Waals surface area (Å²) < 4.78 is 33.0. The molecule has 0 unspecified atom stereocenters. The van der Waals surface area contributed by atoms with Gasteiger partial charge in [0.25, 0.3) is 0 Å².